The van der Waals surface area contributed by atoms with Gasteiger partial charge < -0.3 is 9.15 Å². The molecule has 16 heavy (non-hydrogen) atoms. The summed E-state index contributed by atoms with van der Waals surface area (Å²) >= 11 is 0. The Kier molecular flexibility index (Phi) is 2.70. The molecule has 0 aliphatic carbocycles. The topological polar surface area (TPSA) is 63.2 Å². The van der Waals surface area contributed by atoms with Crippen LogP contribution in [0.4, 0.5) is 0 Å². The number of rotatable bonds is 3. The maximum Gasteiger partial charge on any atom is 0.290 e. The van der Waals surface area contributed by atoms with Gasteiger partial charge >= 0.3 is 0 Å². The van der Waals surface area contributed by atoms with E-state index in [9.17, 15) is 4.79 Å². The third kappa shape index (κ3) is 2.10. The molecule has 2 aromatic rings. The zero-order valence-corrected chi connectivity index (χ0v) is 8.21. The van der Waals surface area contributed by atoms with Gasteiger partial charge in [0.2, 0.25) is 0 Å². The minimum atomic E-state index is 0.200. The lowest BCUT2D eigenvalue weighted by Crippen LogP contribution is -1.82. The predicted octanol–water partition coefficient (Wildman–Crippen LogP) is 2.76. The minimum Gasteiger partial charge on any atom is -0.426 e. The number of aldehydes is 1. The smallest absolute Gasteiger partial charge is 0.290 e. The molecule has 4 heteroatoms. The minimum absolute atomic E-state index is 0.200. The zero-order valence-electron chi connectivity index (χ0n) is 8.21. The fraction of sp³-hybridized carbons (Fsp3) is 0. The summed E-state index contributed by atoms with van der Waals surface area (Å²) in [4.78, 5) is 10.4. The van der Waals surface area contributed by atoms with Crippen molar-refractivity contribution in [3.63, 3.8) is 0 Å². The molecule has 1 heterocycles. The number of benzene rings is 1. The molecule has 0 spiro atoms. The van der Waals surface area contributed by atoms with Crippen molar-refractivity contribution in [2.75, 3.05) is 0 Å². The number of hydrogen-bond donors (Lipinski definition) is 0. The van der Waals surface area contributed by atoms with Crippen LogP contribution in [0.25, 0.3) is 0 Å². The summed E-state index contributed by atoms with van der Waals surface area (Å²) in [7, 11) is 0. The summed E-state index contributed by atoms with van der Waals surface area (Å²) in [6.07, 6.45) is 0.596. The molecule has 1 aromatic heterocycles. The Morgan fingerprint density at radius 2 is 2.19 bits per heavy atom. The van der Waals surface area contributed by atoms with Crippen LogP contribution in [0.3, 0.4) is 0 Å². The van der Waals surface area contributed by atoms with Gasteiger partial charge in [-0.3, -0.25) is 4.79 Å². The molecule has 0 fully saturated rings. The highest BCUT2D eigenvalue weighted by Gasteiger charge is 2.03. The normalized spacial score (nSPS) is 9.44. The third-order valence-corrected chi connectivity index (χ3v) is 1.90. The second kappa shape index (κ2) is 4.32. The van der Waals surface area contributed by atoms with Crippen molar-refractivity contribution < 1.29 is 13.9 Å². The third-order valence-electron chi connectivity index (χ3n) is 1.90. The van der Waals surface area contributed by atoms with Crippen LogP contribution in [0.2, 0.25) is 0 Å². The summed E-state index contributed by atoms with van der Waals surface area (Å²) in [6, 6.07) is 11.7. The molecular weight excluding hydrogens is 206 g/mol. The summed E-state index contributed by atoms with van der Waals surface area (Å²) < 4.78 is 10.4. The second-order valence-electron chi connectivity index (χ2n) is 3.02. The van der Waals surface area contributed by atoms with E-state index in [-0.39, 0.29) is 11.7 Å². The zero-order chi connectivity index (χ0) is 11.4. The Labute approximate surface area is 91.7 Å². The average Bonchev–Trinajstić information content (AvgIpc) is 2.77. The van der Waals surface area contributed by atoms with Crippen LogP contribution in [0.1, 0.15) is 16.1 Å². The number of furan rings is 1. The van der Waals surface area contributed by atoms with Crippen molar-refractivity contribution in [2.24, 2.45) is 0 Å². The Hall–Kier alpha value is -2.54. The fourth-order valence-corrected chi connectivity index (χ4v) is 1.20. The molecule has 0 saturated carbocycles. The van der Waals surface area contributed by atoms with Gasteiger partial charge in [0.25, 0.3) is 5.95 Å². The molecule has 0 atom stereocenters. The predicted molar refractivity (Wildman–Crippen MR) is 55.3 cm³/mol. The van der Waals surface area contributed by atoms with Crippen LogP contribution in [-0.2, 0) is 0 Å². The lowest BCUT2D eigenvalue weighted by Gasteiger charge is -2.01. The van der Waals surface area contributed by atoms with E-state index >= 15 is 0 Å². The maximum absolute atomic E-state index is 10.4. The number of nitriles is 1. The first kappa shape index (κ1) is 9.99. The molecule has 4 nitrogen and oxygen atoms in total. The molecule has 0 aliphatic rings. The van der Waals surface area contributed by atoms with Gasteiger partial charge in [-0.25, -0.2) is 0 Å². The van der Waals surface area contributed by atoms with Crippen LogP contribution in [0, 0.1) is 11.3 Å². The molecule has 78 valence electrons. The summed E-state index contributed by atoms with van der Waals surface area (Å²) in [5.41, 5.74) is 0.500. The van der Waals surface area contributed by atoms with E-state index in [0.29, 0.717) is 17.6 Å². The van der Waals surface area contributed by atoms with Gasteiger partial charge in [0.05, 0.1) is 11.6 Å². The number of hydrogen-bond acceptors (Lipinski definition) is 4. The molecule has 2 rings (SSSR count). The Morgan fingerprint density at radius 1 is 1.31 bits per heavy atom. The summed E-state index contributed by atoms with van der Waals surface area (Å²) in [6.45, 7) is 0. The lowest BCUT2D eigenvalue weighted by molar-refractivity contribution is 0.109. The van der Waals surface area contributed by atoms with E-state index < -0.39 is 0 Å². The van der Waals surface area contributed by atoms with E-state index in [1.165, 1.54) is 6.07 Å². The number of carbonyl (C=O) groups is 1. The van der Waals surface area contributed by atoms with Gasteiger partial charge in [0.1, 0.15) is 5.75 Å². The van der Waals surface area contributed by atoms with Gasteiger partial charge in [-0.2, -0.15) is 5.26 Å². The molecule has 0 bridgehead atoms. The summed E-state index contributed by atoms with van der Waals surface area (Å²) in [5, 5.41) is 8.69. The second-order valence-corrected chi connectivity index (χ2v) is 3.02. The highest BCUT2D eigenvalue weighted by atomic mass is 16.6. The van der Waals surface area contributed by atoms with Gasteiger partial charge in [-0.05, 0) is 24.3 Å². The number of nitrogens with zero attached hydrogens (tertiary/aromatic N) is 1. The molecular formula is C12H7NO3. The molecule has 0 radical (unpaired) electrons. The lowest BCUT2D eigenvalue weighted by atomic mass is 10.2. The van der Waals surface area contributed by atoms with E-state index in [2.05, 4.69) is 0 Å². The maximum atomic E-state index is 10.4. The Bertz CT molecular complexity index is 551. The van der Waals surface area contributed by atoms with Gasteiger partial charge in [0, 0.05) is 6.07 Å². The SMILES string of the molecule is N#Cc1cccc(Oc2ccc(C=O)o2)c1. The highest BCUT2D eigenvalue weighted by molar-refractivity contribution is 5.70. The van der Waals surface area contributed by atoms with E-state index in [0.717, 1.165) is 0 Å². The fourth-order valence-electron chi connectivity index (χ4n) is 1.20. The van der Waals surface area contributed by atoms with E-state index in [1.807, 2.05) is 6.07 Å². The largest absolute Gasteiger partial charge is 0.426 e. The molecule has 0 amide bonds. The van der Waals surface area contributed by atoms with Crippen molar-refractivity contribution in [2.45, 2.75) is 0 Å². The Morgan fingerprint density at radius 3 is 2.88 bits per heavy atom. The number of carbonyl (C=O) groups excluding carboxylic acids is 1. The van der Waals surface area contributed by atoms with Crippen molar-refractivity contribution in [3.8, 4) is 17.8 Å². The van der Waals surface area contributed by atoms with Gasteiger partial charge in [0.15, 0.2) is 12.0 Å². The van der Waals surface area contributed by atoms with Crippen LogP contribution in [0.15, 0.2) is 40.8 Å². The summed E-state index contributed by atoms with van der Waals surface area (Å²) in [5.74, 6) is 0.912. The highest BCUT2D eigenvalue weighted by Crippen LogP contribution is 2.23. The molecule has 1 aromatic carbocycles. The Balaban J connectivity index is 2.20. The van der Waals surface area contributed by atoms with Crippen molar-refractivity contribution in [3.05, 3.63) is 47.7 Å². The monoisotopic (exact) mass is 213 g/mol. The molecule has 0 aliphatic heterocycles. The van der Waals surface area contributed by atoms with Crippen molar-refractivity contribution >= 4 is 6.29 Å². The quantitative estimate of drug-likeness (QED) is 0.735. The first-order valence-electron chi connectivity index (χ1n) is 4.55. The van der Waals surface area contributed by atoms with Crippen LogP contribution >= 0.6 is 0 Å². The van der Waals surface area contributed by atoms with Crippen LogP contribution in [0.5, 0.6) is 11.7 Å². The van der Waals surface area contributed by atoms with E-state index in [4.69, 9.17) is 14.4 Å². The standard InChI is InChI=1S/C12H7NO3/c13-7-9-2-1-3-10(6-9)15-12-5-4-11(8-14)16-12/h1-6,8H. The average molecular weight is 213 g/mol. The molecule has 0 unspecified atom stereocenters. The van der Waals surface area contributed by atoms with Crippen LogP contribution in [-0.4, -0.2) is 6.29 Å². The first-order valence-corrected chi connectivity index (χ1v) is 4.55. The van der Waals surface area contributed by atoms with Crippen molar-refractivity contribution in [1.29, 1.82) is 5.26 Å². The van der Waals surface area contributed by atoms with Gasteiger partial charge in [-0.1, -0.05) is 6.07 Å². The van der Waals surface area contributed by atoms with Crippen molar-refractivity contribution in [1.82, 2.24) is 0 Å². The number of ether oxygens (including phenoxy) is 1. The van der Waals surface area contributed by atoms with Crippen LogP contribution < -0.4 is 4.74 Å². The van der Waals surface area contributed by atoms with Gasteiger partial charge in [-0.15, -0.1) is 0 Å². The molecule has 0 N–H and O–H groups in total. The first-order chi connectivity index (χ1) is 7.81. The van der Waals surface area contributed by atoms with E-state index in [1.54, 1.807) is 30.3 Å². The molecule has 0 saturated heterocycles.